The van der Waals surface area contributed by atoms with Gasteiger partial charge in [-0.25, -0.2) is 4.79 Å². The zero-order valence-corrected chi connectivity index (χ0v) is 13.3. The van der Waals surface area contributed by atoms with Crippen molar-refractivity contribution in [2.75, 3.05) is 0 Å². The lowest BCUT2D eigenvalue weighted by atomic mass is 9.46. The summed E-state index contributed by atoms with van der Waals surface area (Å²) >= 11 is 0. The summed E-state index contributed by atoms with van der Waals surface area (Å²) in [4.78, 5) is 15.6. The van der Waals surface area contributed by atoms with Crippen LogP contribution in [0.2, 0.25) is 0 Å². The molecular weight excluding hydrogens is 276 g/mol. The van der Waals surface area contributed by atoms with E-state index in [2.05, 4.69) is 25.6 Å². The molecule has 0 heterocycles. The highest BCUT2D eigenvalue weighted by Crippen LogP contribution is 2.61. The quantitative estimate of drug-likeness (QED) is 0.372. The summed E-state index contributed by atoms with van der Waals surface area (Å²) < 4.78 is 5.77. The highest BCUT2D eigenvalue weighted by atomic mass is 16.5. The molecule has 0 radical (unpaired) electrons. The molecule has 116 valence electrons. The molecule has 22 heavy (non-hydrogen) atoms. The fraction of sp³-hybridized carbons (Fsp3) is 0.556. The van der Waals surface area contributed by atoms with E-state index in [1.807, 2.05) is 6.07 Å². The molecule has 4 heteroatoms. The van der Waals surface area contributed by atoms with Crippen LogP contribution >= 0.6 is 0 Å². The lowest BCUT2D eigenvalue weighted by molar-refractivity contribution is -0.193. The normalized spacial score (nSPS) is 31.6. The van der Waals surface area contributed by atoms with Gasteiger partial charge in [0.05, 0.1) is 5.56 Å². The van der Waals surface area contributed by atoms with Crippen LogP contribution in [0.3, 0.4) is 0 Å². The van der Waals surface area contributed by atoms with Crippen molar-refractivity contribution in [3.63, 3.8) is 0 Å². The smallest absolute Gasteiger partial charge is 0.422 e. The molecule has 3 aliphatic carbocycles. The number of benzene rings is 1. The molecule has 0 unspecified atom stereocenters. The Morgan fingerprint density at radius 3 is 2.55 bits per heavy atom. The van der Waals surface area contributed by atoms with Gasteiger partial charge in [-0.1, -0.05) is 39.0 Å². The monoisotopic (exact) mass is 298 g/mol. The van der Waals surface area contributed by atoms with E-state index in [1.165, 1.54) is 0 Å². The molecule has 4 atom stereocenters. The molecule has 3 aliphatic rings. The Morgan fingerprint density at radius 2 is 1.95 bits per heavy atom. The predicted octanol–water partition coefficient (Wildman–Crippen LogP) is 3.32. The molecular formula is C18H22N2O2. The van der Waals surface area contributed by atoms with Crippen molar-refractivity contribution in [2.24, 2.45) is 23.2 Å². The largest absolute Gasteiger partial charge is 0.453 e. The first-order chi connectivity index (χ1) is 10.4. The fourth-order valence-corrected chi connectivity index (χ4v) is 4.18. The van der Waals surface area contributed by atoms with Crippen LogP contribution < -0.4 is 0 Å². The van der Waals surface area contributed by atoms with Crippen molar-refractivity contribution in [2.45, 2.75) is 39.7 Å². The molecule has 3 saturated carbocycles. The molecule has 0 spiro atoms. The maximum absolute atomic E-state index is 12.4. The summed E-state index contributed by atoms with van der Waals surface area (Å²) in [6.45, 7) is 6.66. The van der Waals surface area contributed by atoms with Crippen LogP contribution in [0.5, 0.6) is 0 Å². The van der Waals surface area contributed by atoms with E-state index in [1.54, 1.807) is 24.3 Å². The summed E-state index contributed by atoms with van der Waals surface area (Å²) in [5.74, 6) is 0.964. The Labute approximate surface area is 131 Å². The number of hydrogen-bond acceptors (Lipinski definition) is 2. The summed E-state index contributed by atoms with van der Waals surface area (Å²) in [6.07, 6.45) is 2.14. The Morgan fingerprint density at radius 1 is 1.27 bits per heavy atom. The maximum atomic E-state index is 12.4. The summed E-state index contributed by atoms with van der Waals surface area (Å²) in [5, 5.41) is 0. The Kier molecular flexibility index (Phi) is 3.65. The predicted molar refractivity (Wildman–Crippen MR) is 83.2 cm³/mol. The van der Waals surface area contributed by atoms with Crippen molar-refractivity contribution < 1.29 is 14.3 Å². The van der Waals surface area contributed by atoms with E-state index in [-0.39, 0.29) is 17.2 Å². The third kappa shape index (κ3) is 2.28. The zero-order valence-electron chi connectivity index (χ0n) is 13.3. The number of ether oxygens (including phenoxy) is 1. The molecule has 0 N–H and O–H groups in total. The third-order valence-electron chi connectivity index (χ3n) is 5.74. The molecule has 0 aliphatic heterocycles. The second-order valence-corrected chi connectivity index (χ2v) is 7.26. The van der Waals surface area contributed by atoms with Crippen molar-refractivity contribution in [1.82, 2.24) is 0 Å². The van der Waals surface area contributed by atoms with Crippen LogP contribution in [0, 0.1) is 23.2 Å². The van der Waals surface area contributed by atoms with Gasteiger partial charge in [0.15, 0.2) is 0 Å². The van der Waals surface area contributed by atoms with Gasteiger partial charge in [-0.15, -0.1) is 0 Å². The van der Waals surface area contributed by atoms with Crippen LogP contribution in [-0.4, -0.2) is 22.6 Å². The molecule has 1 aromatic carbocycles. The number of nitrogens with zero attached hydrogens (tertiary/aromatic N) is 2. The van der Waals surface area contributed by atoms with Gasteiger partial charge in [-0.3, -0.25) is 0 Å². The van der Waals surface area contributed by atoms with E-state index in [4.69, 9.17) is 4.74 Å². The average molecular weight is 298 g/mol. The standard InChI is InChI=1S/C18H22N2O2/c1-11-9-13-10-14(18(13,2)3)16(11)22-17(21)15(20-19)12-7-5-4-6-8-12/h4-8,11,13-14,16H,9-10H2,1-3H3/t11-,13-,14-,16+/m1/s1. The maximum Gasteiger partial charge on any atom is 0.422 e. The highest BCUT2D eigenvalue weighted by Gasteiger charge is 2.58. The van der Waals surface area contributed by atoms with Crippen LogP contribution in [0.15, 0.2) is 30.3 Å². The number of carbonyl (C=O) groups is 1. The van der Waals surface area contributed by atoms with Gasteiger partial charge < -0.3 is 10.3 Å². The topological polar surface area (TPSA) is 62.7 Å². The Balaban J connectivity index is 1.77. The summed E-state index contributed by atoms with van der Waals surface area (Å²) in [7, 11) is 0. The van der Waals surface area contributed by atoms with Crippen molar-refractivity contribution in [3.05, 3.63) is 41.4 Å². The van der Waals surface area contributed by atoms with E-state index in [9.17, 15) is 10.3 Å². The minimum absolute atomic E-state index is 0.0212. The number of carbonyl (C=O) groups excluding carboxylic acids is 1. The van der Waals surface area contributed by atoms with Gasteiger partial charge in [0.25, 0.3) is 0 Å². The van der Waals surface area contributed by atoms with Crippen LogP contribution in [-0.2, 0) is 9.53 Å². The molecule has 0 amide bonds. The fourth-order valence-electron chi connectivity index (χ4n) is 4.18. The molecule has 0 aromatic heterocycles. The second-order valence-electron chi connectivity index (χ2n) is 7.26. The average Bonchev–Trinajstić information content (AvgIpc) is 2.50. The molecule has 3 fully saturated rings. The first-order valence-corrected chi connectivity index (χ1v) is 7.93. The molecule has 4 rings (SSSR count). The second kappa shape index (κ2) is 5.36. The molecule has 2 bridgehead atoms. The van der Waals surface area contributed by atoms with E-state index >= 15 is 0 Å². The van der Waals surface area contributed by atoms with Gasteiger partial charge in [0.2, 0.25) is 0 Å². The van der Waals surface area contributed by atoms with Gasteiger partial charge in [0, 0.05) is 5.92 Å². The molecule has 0 saturated heterocycles. The van der Waals surface area contributed by atoms with Crippen LogP contribution in [0.4, 0.5) is 0 Å². The minimum Gasteiger partial charge on any atom is -0.453 e. The first-order valence-electron chi connectivity index (χ1n) is 7.93. The van der Waals surface area contributed by atoms with Crippen molar-refractivity contribution >= 4 is 11.7 Å². The number of rotatable bonds is 3. The molecule has 1 aromatic rings. The van der Waals surface area contributed by atoms with E-state index in [0.29, 0.717) is 17.4 Å². The van der Waals surface area contributed by atoms with Crippen LogP contribution in [0.25, 0.3) is 5.53 Å². The Bertz CT molecular complexity index is 632. The van der Waals surface area contributed by atoms with Gasteiger partial charge in [-0.05, 0) is 42.2 Å². The molecule has 4 nitrogen and oxygen atoms in total. The van der Waals surface area contributed by atoms with Gasteiger partial charge in [0.1, 0.15) is 6.10 Å². The van der Waals surface area contributed by atoms with Crippen molar-refractivity contribution in [1.29, 1.82) is 0 Å². The summed E-state index contributed by atoms with van der Waals surface area (Å²) in [5.41, 5.74) is 10.00. The van der Waals surface area contributed by atoms with Gasteiger partial charge in [-0.2, -0.15) is 4.79 Å². The van der Waals surface area contributed by atoms with Crippen molar-refractivity contribution in [3.8, 4) is 0 Å². The zero-order chi connectivity index (χ0) is 15.9. The number of fused-ring (bicyclic) bond motifs is 2. The number of esters is 1. The third-order valence-corrected chi connectivity index (χ3v) is 5.74. The van der Waals surface area contributed by atoms with Crippen LogP contribution in [0.1, 0.15) is 39.2 Å². The first kappa shape index (κ1) is 15.0. The highest BCUT2D eigenvalue weighted by molar-refractivity contribution is 6.40. The van der Waals surface area contributed by atoms with Gasteiger partial charge >= 0.3 is 11.7 Å². The number of hydrogen-bond donors (Lipinski definition) is 0. The van der Waals surface area contributed by atoms with E-state index < -0.39 is 5.97 Å². The minimum atomic E-state index is -0.535. The lowest BCUT2D eigenvalue weighted by Crippen LogP contribution is -2.59. The lowest BCUT2D eigenvalue weighted by Gasteiger charge is -2.61. The Hall–Kier alpha value is -1.93. The SMILES string of the molecule is C[C@@H]1C[C@@H]2C[C@H]([C@H]1OC(=O)C(=[N+]=[N-])c1ccccc1)C2(C)C. The van der Waals surface area contributed by atoms with E-state index in [0.717, 1.165) is 18.8 Å². The summed E-state index contributed by atoms with van der Waals surface area (Å²) in [6, 6.07) is 8.94.